The predicted molar refractivity (Wildman–Crippen MR) is 103 cm³/mol. The van der Waals surface area contributed by atoms with Crippen LogP contribution in [0.25, 0.3) is 0 Å². The largest absolute Gasteiger partial charge is 0.411 e. The van der Waals surface area contributed by atoms with Crippen molar-refractivity contribution in [3.8, 4) is 0 Å². The van der Waals surface area contributed by atoms with Crippen LogP contribution in [0.1, 0.15) is 72.6 Å². The highest BCUT2D eigenvalue weighted by molar-refractivity contribution is 5.94. The molecule has 1 N–H and O–H groups in total. The van der Waals surface area contributed by atoms with Gasteiger partial charge in [0.05, 0.1) is 5.71 Å². The van der Waals surface area contributed by atoms with Gasteiger partial charge in [0.25, 0.3) is 0 Å². The Labute approximate surface area is 158 Å². The fourth-order valence-corrected chi connectivity index (χ4v) is 7.81. The lowest BCUT2D eigenvalue weighted by Gasteiger charge is -2.61. The molecule has 1 amide bonds. The van der Waals surface area contributed by atoms with Gasteiger partial charge >= 0.3 is 0 Å². The van der Waals surface area contributed by atoms with Crippen LogP contribution < -0.4 is 0 Å². The molecule has 7 atom stereocenters. The normalized spacial score (nSPS) is 49.9. The van der Waals surface area contributed by atoms with Crippen molar-refractivity contribution >= 4 is 11.6 Å². The highest BCUT2D eigenvalue weighted by atomic mass is 16.4. The Kier molecular flexibility index (Phi) is 4.20. The van der Waals surface area contributed by atoms with Gasteiger partial charge in [0, 0.05) is 30.8 Å². The summed E-state index contributed by atoms with van der Waals surface area (Å²) in [4.78, 5) is 14.3. The first-order valence-corrected chi connectivity index (χ1v) is 10.7. The number of oxime groups is 1. The lowest BCUT2D eigenvalue weighted by molar-refractivity contribution is -0.155. The van der Waals surface area contributed by atoms with Gasteiger partial charge < -0.3 is 10.1 Å². The molecule has 0 bridgehead atoms. The Morgan fingerprint density at radius 1 is 1.15 bits per heavy atom. The van der Waals surface area contributed by atoms with Gasteiger partial charge in [-0.2, -0.15) is 0 Å². The number of carbonyl (C=O) groups is 1. The van der Waals surface area contributed by atoms with Gasteiger partial charge in [-0.3, -0.25) is 4.79 Å². The van der Waals surface area contributed by atoms with Crippen LogP contribution in [0.15, 0.2) is 5.16 Å². The van der Waals surface area contributed by atoms with Gasteiger partial charge in [0.2, 0.25) is 5.91 Å². The molecule has 1 saturated heterocycles. The van der Waals surface area contributed by atoms with Crippen LogP contribution in [0.5, 0.6) is 0 Å². The maximum atomic E-state index is 12.3. The first-order chi connectivity index (χ1) is 12.2. The van der Waals surface area contributed by atoms with Gasteiger partial charge in [-0.05, 0) is 67.6 Å². The highest BCUT2D eigenvalue weighted by Crippen LogP contribution is 2.65. The van der Waals surface area contributed by atoms with Gasteiger partial charge in [-0.15, -0.1) is 0 Å². The molecule has 4 heteroatoms. The minimum absolute atomic E-state index is 0.0738. The first kappa shape index (κ1) is 18.3. The van der Waals surface area contributed by atoms with E-state index in [9.17, 15) is 10.0 Å². The number of rotatable bonds is 1. The van der Waals surface area contributed by atoms with Gasteiger partial charge in [0.15, 0.2) is 0 Å². The van der Waals surface area contributed by atoms with E-state index < -0.39 is 0 Å². The molecule has 4 fully saturated rings. The summed E-state index contributed by atoms with van der Waals surface area (Å²) in [6.45, 7) is 9.38. The van der Waals surface area contributed by atoms with Crippen LogP contribution in [-0.2, 0) is 4.79 Å². The standard InChI is InChI=1S/C22H36N2O2/c1-13(2)15-12-17-14-6-7-18-21(3,11-9-19(25)24(18)5)16(14)8-10-22(17,4)20(15)23-26/h13-18,26H,6-12H2,1-5H3/b23-20-/t14?,15-,16?,17?,18-,21?,22?/m1/s1. The van der Waals surface area contributed by atoms with E-state index in [1.54, 1.807) is 0 Å². The van der Waals surface area contributed by atoms with E-state index in [2.05, 4.69) is 37.8 Å². The summed E-state index contributed by atoms with van der Waals surface area (Å²) >= 11 is 0. The zero-order valence-electron chi connectivity index (χ0n) is 17.2. The molecule has 3 aliphatic carbocycles. The summed E-state index contributed by atoms with van der Waals surface area (Å²) in [6, 6.07) is 0.419. The van der Waals surface area contributed by atoms with E-state index in [1.165, 1.54) is 19.3 Å². The molecule has 0 aromatic heterocycles. The fraction of sp³-hybridized carbons (Fsp3) is 0.909. The summed E-state index contributed by atoms with van der Waals surface area (Å²) in [6.07, 6.45) is 7.69. The average Bonchev–Trinajstić information content (AvgIpc) is 2.91. The molecule has 5 unspecified atom stereocenters. The Morgan fingerprint density at radius 3 is 2.54 bits per heavy atom. The number of nitrogens with zero attached hydrogens (tertiary/aromatic N) is 2. The molecule has 0 spiro atoms. The van der Waals surface area contributed by atoms with Crippen LogP contribution >= 0.6 is 0 Å². The number of piperidine rings is 1. The Morgan fingerprint density at radius 2 is 1.88 bits per heavy atom. The van der Waals surface area contributed by atoms with Crippen LogP contribution in [0.2, 0.25) is 0 Å². The zero-order valence-corrected chi connectivity index (χ0v) is 17.2. The highest BCUT2D eigenvalue weighted by Gasteiger charge is 2.62. The Bertz CT molecular complexity index is 630. The van der Waals surface area contributed by atoms with E-state index in [0.29, 0.717) is 42.0 Å². The van der Waals surface area contributed by atoms with E-state index in [-0.39, 0.29) is 10.8 Å². The molecular weight excluding hydrogens is 324 g/mol. The summed E-state index contributed by atoms with van der Waals surface area (Å²) in [5.74, 6) is 3.36. The maximum absolute atomic E-state index is 12.3. The number of likely N-dealkylation sites (tertiary alicyclic amines) is 1. The summed E-state index contributed by atoms with van der Waals surface area (Å²) in [5, 5.41) is 13.7. The molecule has 0 aromatic carbocycles. The average molecular weight is 361 g/mol. The third-order valence-corrected chi connectivity index (χ3v) is 9.30. The summed E-state index contributed by atoms with van der Waals surface area (Å²) in [5.41, 5.74) is 1.42. The minimum atomic E-state index is 0.0738. The summed E-state index contributed by atoms with van der Waals surface area (Å²) < 4.78 is 0. The molecule has 1 heterocycles. The third kappa shape index (κ3) is 2.26. The van der Waals surface area contributed by atoms with Crippen molar-refractivity contribution in [3.05, 3.63) is 0 Å². The van der Waals surface area contributed by atoms with Crippen molar-refractivity contribution in [1.82, 2.24) is 4.90 Å². The molecule has 4 rings (SSSR count). The molecule has 0 radical (unpaired) electrons. The van der Waals surface area contributed by atoms with Crippen molar-refractivity contribution < 1.29 is 10.0 Å². The second-order valence-corrected chi connectivity index (χ2v) is 10.5. The van der Waals surface area contributed by atoms with Crippen molar-refractivity contribution in [3.63, 3.8) is 0 Å². The monoisotopic (exact) mass is 360 g/mol. The molecule has 4 aliphatic rings. The van der Waals surface area contributed by atoms with E-state index >= 15 is 0 Å². The smallest absolute Gasteiger partial charge is 0.222 e. The minimum Gasteiger partial charge on any atom is -0.411 e. The molecule has 3 saturated carbocycles. The quantitative estimate of drug-likeness (QED) is 0.550. The number of hydrogen-bond acceptors (Lipinski definition) is 3. The zero-order chi connectivity index (χ0) is 18.9. The predicted octanol–water partition coefficient (Wildman–Crippen LogP) is 4.56. The second kappa shape index (κ2) is 5.97. The lowest BCUT2D eigenvalue weighted by atomic mass is 9.47. The lowest BCUT2D eigenvalue weighted by Crippen LogP contribution is -2.61. The molecule has 0 aromatic rings. The van der Waals surface area contributed by atoms with Gasteiger partial charge in [-0.25, -0.2) is 0 Å². The number of hydrogen-bond donors (Lipinski definition) is 1. The second-order valence-electron chi connectivity index (χ2n) is 10.5. The van der Waals surface area contributed by atoms with Crippen molar-refractivity contribution in [2.75, 3.05) is 7.05 Å². The third-order valence-electron chi connectivity index (χ3n) is 9.30. The SMILES string of the molecule is CC(C)[C@H]1CC2C3CC[C@H]4N(C)C(=O)CCC4(C)C3CCC2(C)/C1=N\O. The molecule has 146 valence electrons. The fourth-order valence-electron chi connectivity index (χ4n) is 7.81. The molecular formula is C22H36N2O2. The Balaban J connectivity index is 1.67. The van der Waals surface area contributed by atoms with E-state index in [4.69, 9.17) is 0 Å². The number of amides is 1. The Hall–Kier alpha value is -1.06. The topological polar surface area (TPSA) is 52.9 Å². The van der Waals surface area contributed by atoms with E-state index in [1.807, 2.05) is 7.05 Å². The van der Waals surface area contributed by atoms with Crippen LogP contribution in [0.4, 0.5) is 0 Å². The van der Waals surface area contributed by atoms with Gasteiger partial charge in [0.1, 0.15) is 0 Å². The maximum Gasteiger partial charge on any atom is 0.222 e. The first-order valence-electron chi connectivity index (χ1n) is 10.7. The van der Waals surface area contributed by atoms with Crippen molar-refractivity contribution in [1.29, 1.82) is 0 Å². The van der Waals surface area contributed by atoms with Crippen LogP contribution in [0, 0.1) is 40.4 Å². The molecule has 4 nitrogen and oxygen atoms in total. The van der Waals surface area contributed by atoms with Crippen molar-refractivity contribution in [2.24, 2.45) is 45.6 Å². The van der Waals surface area contributed by atoms with Crippen molar-refractivity contribution in [2.45, 2.75) is 78.7 Å². The number of fused-ring (bicyclic) bond motifs is 5. The molecule has 1 aliphatic heterocycles. The van der Waals surface area contributed by atoms with E-state index in [0.717, 1.165) is 30.9 Å². The van der Waals surface area contributed by atoms with Crippen LogP contribution in [0.3, 0.4) is 0 Å². The molecule has 26 heavy (non-hydrogen) atoms. The van der Waals surface area contributed by atoms with Gasteiger partial charge in [-0.1, -0.05) is 32.9 Å². The summed E-state index contributed by atoms with van der Waals surface area (Å²) in [7, 11) is 2.03. The number of carbonyl (C=O) groups excluding carboxylic acids is 1. The van der Waals surface area contributed by atoms with Crippen LogP contribution in [-0.4, -0.2) is 34.8 Å².